The minimum Gasteiger partial charge on any atom is -0.382 e. The second kappa shape index (κ2) is 5.54. The van der Waals surface area contributed by atoms with Gasteiger partial charge in [0.15, 0.2) is 5.79 Å². The van der Waals surface area contributed by atoms with Crippen LogP contribution in [0.1, 0.15) is 25.0 Å². The van der Waals surface area contributed by atoms with Crippen molar-refractivity contribution in [2.45, 2.75) is 31.9 Å². The van der Waals surface area contributed by atoms with Gasteiger partial charge in [0.1, 0.15) is 6.10 Å². The summed E-state index contributed by atoms with van der Waals surface area (Å²) >= 11 is 0. The van der Waals surface area contributed by atoms with E-state index >= 15 is 0 Å². The number of hydrogen-bond donors (Lipinski definition) is 1. The molecule has 1 fully saturated rings. The van der Waals surface area contributed by atoms with Crippen molar-refractivity contribution in [2.75, 3.05) is 18.5 Å². The number of nitriles is 1. The zero-order valence-electron chi connectivity index (χ0n) is 11.6. The molecule has 0 bridgehead atoms. The van der Waals surface area contributed by atoms with Crippen LogP contribution < -0.4 is 5.32 Å². The Morgan fingerprint density at radius 2 is 2.14 bits per heavy atom. The molecule has 7 heteroatoms. The Hall–Kier alpha value is -1.78. The Labute approximate surface area is 120 Å². The van der Waals surface area contributed by atoms with Gasteiger partial charge in [-0.2, -0.15) is 18.4 Å². The van der Waals surface area contributed by atoms with Gasteiger partial charge in [-0.3, -0.25) is 0 Å². The van der Waals surface area contributed by atoms with E-state index in [-0.39, 0.29) is 6.10 Å². The van der Waals surface area contributed by atoms with Crippen molar-refractivity contribution in [2.24, 2.45) is 0 Å². The molecule has 1 aliphatic heterocycles. The summed E-state index contributed by atoms with van der Waals surface area (Å²) in [7, 11) is 0. The molecular formula is C14H15F3N2O2. The number of alkyl halides is 3. The first-order valence-corrected chi connectivity index (χ1v) is 6.38. The largest absolute Gasteiger partial charge is 0.417 e. The number of nitrogens with one attached hydrogen (secondary N) is 1. The van der Waals surface area contributed by atoms with Crippen molar-refractivity contribution in [1.29, 1.82) is 5.26 Å². The molecule has 1 aromatic rings. The lowest BCUT2D eigenvalue weighted by Gasteiger charge is -2.18. The summed E-state index contributed by atoms with van der Waals surface area (Å²) in [6.45, 7) is 4.38. The van der Waals surface area contributed by atoms with Crippen LogP contribution >= 0.6 is 0 Å². The van der Waals surface area contributed by atoms with E-state index in [9.17, 15) is 13.2 Å². The highest BCUT2D eigenvalue weighted by atomic mass is 19.4. The standard InChI is InChI=1S/C14H15F3N2O2/c1-13(2)20-8-11(21-13)7-19-10-3-4-12(14(15,16)17)9(5-10)6-18/h3-5,11,19H,7-8H2,1-2H3. The first-order valence-electron chi connectivity index (χ1n) is 6.38. The lowest BCUT2D eigenvalue weighted by Crippen LogP contribution is -2.26. The number of halogens is 3. The maximum atomic E-state index is 12.7. The maximum Gasteiger partial charge on any atom is 0.417 e. The summed E-state index contributed by atoms with van der Waals surface area (Å²) in [4.78, 5) is 0. The van der Waals surface area contributed by atoms with Crippen LogP contribution in [0, 0.1) is 11.3 Å². The van der Waals surface area contributed by atoms with Crippen molar-refractivity contribution in [3.05, 3.63) is 29.3 Å². The molecule has 1 saturated heterocycles. The van der Waals surface area contributed by atoms with Crippen molar-refractivity contribution in [1.82, 2.24) is 0 Å². The molecule has 0 aromatic heterocycles. The highest BCUT2D eigenvalue weighted by Gasteiger charge is 2.34. The summed E-state index contributed by atoms with van der Waals surface area (Å²) in [5, 5.41) is 11.8. The Bertz CT molecular complexity index is 564. The summed E-state index contributed by atoms with van der Waals surface area (Å²) in [6, 6.07) is 4.95. The van der Waals surface area contributed by atoms with Gasteiger partial charge < -0.3 is 14.8 Å². The molecule has 1 atom stereocenters. The van der Waals surface area contributed by atoms with Crippen LogP contribution in [-0.2, 0) is 15.7 Å². The number of hydrogen-bond acceptors (Lipinski definition) is 4. The molecule has 1 N–H and O–H groups in total. The third-order valence-electron chi connectivity index (χ3n) is 3.05. The quantitative estimate of drug-likeness (QED) is 0.931. The Morgan fingerprint density at radius 1 is 1.43 bits per heavy atom. The fourth-order valence-electron chi connectivity index (χ4n) is 2.09. The highest BCUT2D eigenvalue weighted by molar-refractivity contribution is 5.53. The summed E-state index contributed by atoms with van der Waals surface area (Å²) in [6.07, 6.45) is -4.72. The fourth-order valence-corrected chi connectivity index (χ4v) is 2.09. The third-order valence-corrected chi connectivity index (χ3v) is 3.05. The molecule has 114 valence electrons. The Balaban J connectivity index is 2.04. The van der Waals surface area contributed by atoms with E-state index in [0.717, 1.165) is 6.07 Å². The van der Waals surface area contributed by atoms with Gasteiger partial charge in [0.2, 0.25) is 0 Å². The predicted molar refractivity (Wildman–Crippen MR) is 69.6 cm³/mol. The van der Waals surface area contributed by atoms with E-state index in [2.05, 4.69) is 5.32 Å². The molecule has 0 aliphatic carbocycles. The summed E-state index contributed by atoms with van der Waals surface area (Å²) in [5.41, 5.74) is -0.901. The minimum atomic E-state index is -4.53. The average Bonchev–Trinajstić information content (AvgIpc) is 2.74. The lowest BCUT2D eigenvalue weighted by molar-refractivity contribution is -0.138. The van der Waals surface area contributed by atoms with Crippen molar-refractivity contribution in [3.8, 4) is 6.07 Å². The van der Waals surface area contributed by atoms with Gasteiger partial charge in [0.05, 0.1) is 23.8 Å². The van der Waals surface area contributed by atoms with Gasteiger partial charge in [0.25, 0.3) is 0 Å². The lowest BCUT2D eigenvalue weighted by atomic mass is 10.1. The van der Waals surface area contributed by atoms with Crippen LogP contribution in [0.4, 0.5) is 18.9 Å². The number of nitrogens with zero attached hydrogens (tertiary/aromatic N) is 1. The summed E-state index contributed by atoms with van der Waals surface area (Å²) < 4.78 is 49.0. The van der Waals surface area contributed by atoms with E-state index in [0.29, 0.717) is 18.8 Å². The van der Waals surface area contributed by atoms with E-state index < -0.39 is 23.1 Å². The van der Waals surface area contributed by atoms with Crippen molar-refractivity contribution in [3.63, 3.8) is 0 Å². The van der Waals surface area contributed by atoms with Gasteiger partial charge in [-0.1, -0.05) is 0 Å². The first kappa shape index (κ1) is 15.6. The molecule has 21 heavy (non-hydrogen) atoms. The van der Waals surface area contributed by atoms with Gasteiger partial charge in [0, 0.05) is 12.2 Å². The predicted octanol–water partition coefficient (Wildman–Crippen LogP) is 3.14. The second-order valence-electron chi connectivity index (χ2n) is 5.20. The molecule has 0 radical (unpaired) electrons. The van der Waals surface area contributed by atoms with Crippen LogP contribution in [0.2, 0.25) is 0 Å². The topological polar surface area (TPSA) is 54.3 Å². The smallest absolute Gasteiger partial charge is 0.382 e. The number of rotatable bonds is 3. The Kier molecular flexibility index (Phi) is 4.12. The number of ether oxygens (including phenoxy) is 2. The molecule has 4 nitrogen and oxygen atoms in total. The van der Waals surface area contributed by atoms with Gasteiger partial charge in [-0.25, -0.2) is 0 Å². The van der Waals surface area contributed by atoms with Gasteiger partial charge in [-0.05, 0) is 32.0 Å². The van der Waals surface area contributed by atoms with E-state index in [1.807, 2.05) is 0 Å². The SMILES string of the molecule is CC1(C)OCC(CNc2ccc(C(F)(F)F)c(C#N)c2)O1. The second-order valence-corrected chi connectivity index (χ2v) is 5.20. The molecule has 1 aromatic carbocycles. The van der Waals surface area contributed by atoms with Crippen molar-refractivity contribution < 1.29 is 22.6 Å². The fraction of sp³-hybridized carbons (Fsp3) is 0.500. The van der Waals surface area contributed by atoms with E-state index in [1.165, 1.54) is 12.1 Å². The molecule has 1 unspecified atom stereocenters. The van der Waals surface area contributed by atoms with E-state index in [1.54, 1.807) is 19.9 Å². The molecule has 1 heterocycles. The molecule has 2 rings (SSSR count). The third kappa shape index (κ3) is 3.86. The van der Waals surface area contributed by atoms with Crippen LogP contribution in [0.5, 0.6) is 0 Å². The molecule has 0 spiro atoms. The van der Waals surface area contributed by atoms with E-state index in [4.69, 9.17) is 14.7 Å². The maximum absolute atomic E-state index is 12.7. The zero-order chi connectivity index (χ0) is 15.7. The summed E-state index contributed by atoms with van der Waals surface area (Å²) in [5.74, 6) is -0.649. The Morgan fingerprint density at radius 3 is 2.67 bits per heavy atom. The van der Waals surface area contributed by atoms with Crippen LogP contribution in [0.25, 0.3) is 0 Å². The van der Waals surface area contributed by atoms with Crippen LogP contribution in [-0.4, -0.2) is 25.0 Å². The van der Waals surface area contributed by atoms with Gasteiger partial charge >= 0.3 is 6.18 Å². The molecule has 0 amide bonds. The normalized spacial score (nSPS) is 21.0. The molecular weight excluding hydrogens is 285 g/mol. The average molecular weight is 300 g/mol. The van der Waals surface area contributed by atoms with Crippen LogP contribution in [0.3, 0.4) is 0 Å². The molecule has 0 saturated carbocycles. The number of benzene rings is 1. The highest BCUT2D eigenvalue weighted by Crippen LogP contribution is 2.33. The monoisotopic (exact) mass is 300 g/mol. The van der Waals surface area contributed by atoms with Crippen LogP contribution in [0.15, 0.2) is 18.2 Å². The van der Waals surface area contributed by atoms with Gasteiger partial charge in [-0.15, -0.1) is 0 Å². The minimum absolute atomic E-state index is 0.187. The zero-order valence-corrected chi connectivity index (χ0v) is 11.6. The molecule has 1 aliphatic rings. The number of anilines is 1. The first-order chi connectivity index (χ1) is 9.71. The van der Waals surface area contributed by atoms with Crippen molar-refractivity contribution >= 4 is 5.69 Å².